The van der Waals surface area contributed by atoms with Gasteiger partial charge in [-0.2, -0.15) is 0 Å². The monoisotopic (exact) mass is 377 g/mol. The summed E-state index contributed by atoms with van der Waals surface area (Å²) in [6.07, 6.45) is -0.250. The van der Waals surface area contributed by atoms with Crippen molar-refractivity contribution in [1.29, 1.82) is 0 Å². The van der Waals surface area contributed by atoms with Crippen molar-refractivity contribution in [3.05, 3.63) is 58.1 Å². The summed E-state index contributed by atoms with van der Waals surface area (Å²) in [5.41, 5.74) is 1.72. The average Bonchev–Trinajstić information content (AvgIpc) is 2.60. The molecule has 0 aromatic heterocycles. The van der Waals surface area contributed by atoms with E-state index in [9.17, 15) is 14.7 Å². The maximum Gasteiger partial charge on any atom is 0.305 e. The van der Waals surface area contributed by atoms with Crippen LogP contribution in [0.4, 0.5) is 0 Å². The molecule has 2 aromatic rings. The molecule has 0 aliphatic rings. The van der Waals surface area contributed by atoms with E-state index in [1.165, 1.54) is 14.2 Å². The molecule has 26 heavy (non-hydrogen) atoms. The number of ether oxygens (including phenoxy) is 2. The molecule has 0 unspecified atom stereocenters. The molecule has 6 nitrogen and oxygen atoms in total. The summed E-state index contributed by atoms with van der Waals surface area (Å²) in [6.45, 7) is 1.77. The lowest BCUT2D eigenvalue weighted by Crippen LogP contribution is -2.30. The van der Waals surface area contributed by atoms with E-state index in [0.29, 0.717) is 33.2 Å². The lowest BCUT2D eigenvalue weighted by molar-refractivity contribution is -0.137. The fraction of sp³-hybridized carbons (Fsp3) is 0.263. The normalized spacial score (nSPS) is 11.5. The quantitative estimate of drug-likeness (QED) is 0.769. The first-order valence-electron chi connectivity index (χ1n) is 7.86. The first-order valence-corrected chi connectivity index (χ1v) is 8.24. The SMILES string of the molecule is COc1cc(C)c(C(=O)N[C@@H](CC(=O)O)c2ccc(Cl)cc2)cc1OC. The number of rotatable bonds is 7. The summed E-state index contributed by atoms with van der Waals surface area (Å²) in [6, 6.07) is 9.27. The minimum absolute atomic E-state index is 0.250. The maximum atomic E-state index is 12.7. The number of carboxylic acid groups (broad SMARTS) is 1. The van der Waals surface area contributed by atoms with Crippen LogP contribution in [0.2, 0.25) is 5.02 Å². The molecular formula is C19H20ClNO5. The minimum atomic E-state index is -1.02. The van der Waals surface area contributed by atoms with Gasteiger partial charge >= 0.3 is 5.97 Å². The second-order valence-electron chi connectivity index (χ2n) is 5.70. The Bertz CT molecular complexity index is 804. The molecule has 138 valence electrons. The van der Waals surface area contributed by atoms with Crippen LogP contribution < -0.4 is 14.8 Å². The Hall–Kier alpha value is -2.73. The van der Waals surface area contributed by atoms with Crippen molar-refractivity contribution < 1.29 is 24.2 Å². The summed E-state index contributed by atoms with van der Waals surface area (Å²) in [7, 11) is 3.00. The average molecular weight is 378 g/mol. The Kier molecular flexibility index (Phi) is 6.46. The number of carbonyl (C=O) groups is 2. The highest BCUT2D eigenvalue weighted by atomic mass is 35.5. The Morgan fingerprint density at radius 1 is 1.12 bits per heavy atom. The number of hydrogen-bond acceptors (Lipinski definition) is 4. The molecule has 2 N–H and O–H groups in total. The van der Waals surface area contributed by atoms with Crippen LogP contribution >= 0.6 is 11.6 Å². The van der Waals surface area contributed by atoms with E-state index in [2.05, 4.69) is 5.32 Å². The third-order valence-corrected chi connectivity index (χ3v) is 4.18. The van der Waals surface area contributed by atoms with Crippen molar-refractivity contribution in [2.24, 2.45) is 0 Å². The van der Waals surface area contributed by atoms with E-state index in [4.69, 9.17) is 21.1 Å². The third-order valence-electron chi connectivity index (χ3n) is 3.93. The molecule has 0 saturated carbocycles. The van der Waals surface area contributed by atoms with Crippen LogP contribution in [-0.2, 0) is 4.79 Å². The van der Waals surface area contributed by atoms with Gasteiger partial charge in [0.25, 0.3) is 5.91 Å². The molecule has 0 aliphatic carbocycles. The number of methoxy groups -OCH3 is 2. The zero-order chi connectivity index (χ0) is 19.3. The fourth-order valence-electron chi connectivity index (χ4n) is 2.58. The topological polar surface area (TPSA) is 84.9 Å². The molecule has 1 amide bonds. The predicted octanol–water partition coefficient (Wildman–Crippen LogP) is 3.61. The van der Waals surface area contributed by atoms with Gasteiger partial charge in [0.05, 0.1) is 26.7 Å². The molecule has 1 atom stereocenters. The van der Waals surface area contributed by atoms with Gasteiger partial charge in [-0.15, -0.1) is 0 Å². The lowest BCUT2D eigenvalue weighted by Gasteiger charge is -2.19. The van der Waals surface area contributed by atoms with Crippen molar-refractivity contribution >= 4 is 23.5 Å². The largest absolute Gasteiger partial charge is 0.493 e. The molecule has 0 radical (unpaired) electrons. The molecule has 0 saturated heterocycles. The van der Waals surface area contributed by atoms with Crippen LogP contribution in [0, 0.1) is 6.92 Å². The molecule has 2 rings (SSSR count). The molecule has 0 heterocycles. The molecule has 7 heteroatoms. The van der Waals surface area contributed by atoms with E-state index in [1.54, 1.807) is 43.3 Å². The summed E-state index contributed by atoms with van der Waals surface area (Å²) in [4.78, 5) is 23.9. The first kappa shape index (κ1) is 19.6. The minimum Gasteiger partial charge on any atom is -0.493 e. The van der Waals surface area contributed by atoms with E-state index >= 15 is 0 Å². The standard InChI is InChI=1S/C19H20ClNO5/c1-11-8-16(25-2)17(26-3)9-14(11)19(24)21-15(10-18(22)23)12-4-6-13(20)7-5-12/h4-9,15H,10H2,1-3H3,(H,21,24)(H,22,23)/t15-/m0/s1. The number of benzene rings is 2. The van der Waals surface area contributed by atoms with Crippen molar-refractivity contribution in [2.45, 2.75) is 19.4 Å². The summed E-state index contributed by atoms with van der Waals surface area (Å²) in [5, 5.41) is 12.5. The molecule has 0 aliphatic heterocycles. The molecule has 2 aromatic carbocycles. The highest BCUT2D eigenvalue weighted by molar-refractivity contribution is 6.30. The predicted molar refractivity (Wildman–Crippen MR) is 98.2 cm³/mol. The zero-order valence-corrected chi connectivity index (χ0v) is 15.5. The van der Waals surface area contributed by atoms with Gasteiger partial charge < -0.3 is 19.9 Å². The Balaban J connectivity index is 2.32. The van der Waals surface area contributed by atoms with Crippen LogP contribution in [0.15, 0.2) is 36.4 Å². The fourth-order valence-corrected chi connectivity index (χ4v) is 2.71. The number of aliphatic carboxylic acids is 1. The number of halogens is 1. The number of hydrogen-bond donors (Lipinski definition) is 2. The van der Waals surface area contributed by atoms with Gasteiger partial charge in [-0.1, -0.05) is 23.7 Å². The highest BCUT2D eigenvalue weighted by Crippen LogP contribution is 2.30. The molecule has 0 spiro atoms. The van der Waals surface area contributed by atoms with Crippen molar-refractivity contribution in [2.75, 3.05) is 14.2 Å². The molecule has 0 fully saturated rings. The number of carboxylic acids is 1. The van der Waals surface area contributed by atoms with Gasteiger partial charge in [-0.3, -0.25) is 9.59 Å². The van der Waals surface area contributed by atoms with Crippen molar-refractivity contribution in [3.8, 4) is 11.5 Å². The summed E-state index contributed by atoms with van der Waals surface area (Å²) < 4.78 is 10.5. The van der Waals surface area contributed by atoms with Gasteiger partial charge in [-0.05, 0) is 42.3 Å². The second-order valence-corrected chi connectivity index (χ2v) is 6.13. The van der Waals surface area contributed by atoms with Crippen molar-refractivity contribution in [3.63, 3.8) is 0 Å². The van der Waals surface area contributed by atoms with Gasteiger partial charge in [0.15, 0.2) is 11.5 Å². The van der Waals surface area contributed by atoms with Gasteiger partial charge in [0, 0.05) is 10.6 Å². The smallest absolute Gasteiger partial charge is 0.305 e. The van der Waals surface area contributed by atoms with Crippen LogP contribution in [0.3, 0.4) is 0 Å². The first-order chi connectivity index (χ1) is 12.3. The van der Waals surface area contributed by atoms with Crippen LogP contribution in [0.1, 0.15) is 33.9 Å². The zero-order valence-electron chi connectivity index (χ0n) is 14.7. The third kappa shape index (κ3) is 4.67. The maximum absolute atomic E-state index is 12.7. The van der Waals surface area contributed by atoms with E-state index in [0.717, 1.165) is 0 Å². The lowest BCUT2D eigenvalue weighted by atomic mass is 10.0. The van der Waals surface area contributed by atoms with Crippen molar-refractivity contribution in [1.82, 2.24) is 5.32 Å². The molecular weight excluding hydrogens is 358 g/mol. The molecule has 0 bridgehead atoms. The van der Waals surface area contributed by atoms with E-state index in [-0.39, 0.29) is 6.42 Å². The number of amides is 1. The van der Waals surface area contributed by atoms with Crippen LogP contribution in [0.25, 0.3) is 0 Å². The highest BCUT2D eigenvalue weighted by Gasteiger charge is 2.21. The van der Waals surface area contributed by atoms with E-state index < -0.39 is 17.9 Å². The second kappa shape index (κ2) is 8.58. The number of nitrogens with one attached hydrogen (secondary N) is 1. The van der Waals surface area contributed by atoms with Crippen LogP contribution in [0.5, 0.6) is 11.5 Å². The van der Waals surface area contributed by atoms with Crippen LogP contribution in [-0.4, -0.2) is 31.2 Å². The Labute approximate surface area is 156 Å². The van der Waals surface area contributed by atoms with E-state index in [1.807, 2.05) is 0 Å². The summed E-state index contributed by atoms with van der Waals surface area (Å²) >= 11 is 5.88. The number of carbonyl (C=O) groups excluding carboxylic acids is 1. The Morgan fingerprint density at radius 2 is 1.69 bits per heavy atom. The van der Waals surface area contributed by atoms with Gasteiger partial charge in [0.1, 0.15) is 0 Å². The van der Waals surface area contributed by atoms with Gasteiger partial charge in [-0.25, -0.2) is 0 Å². The van der Waals surface area contributed by atoms with Gasteiger partial charge in [0.2, 0.25) is 0 Å². The Morgan fingerprint density at radius 3 is 2.23 bits per heavy atom. The number of aryl methyl sites for hydroxylation is 1. The summed E-state index contributed by atoms with van der Waals surface area (Å²) in [5.74, 6) is -0.482.